The molecule has 0 unspecified atom stereocenters. The molecule has 3 aromatic rings. The highest BCUT2D eigenvalue weighted by Crippen LogP contribution is 2.28. The van der Waals surface area contributed by atoms with Crippen LogP contribution in [-0.4, -0.2) is 49.7 Å². The van der Waals surface area contributed by atoms with Gasteiger partial charge in [-0.15, -0.1) is 0 Å². The van der Waals surface area contributed by atoms with E-state index in [2.05, 4.69) is 30.1 Å². The summed E-state index contributed by atoms with van der Waals surface area (Å²) in [5.74, 6) is 0.183. The topological polar surface area (TPSA) is 69.7 Å². The molecular formula is C28H33N3O3S. The van der Waals surface area contributed by atoms with Crippen molar-refractivity contribution in [3.63, 3.8) is 0 Å². The number of benzene rings is 3. The smallest absolute Gasteiger partial charge is 0.255 e. The third-order valence-electron chi connectivity index (χ3n) is 6.47. The van der Waals surface area contributed by atoms with Gasteiger partial charge in [-0.2, -0.15) is 4.31 Å². The summed E-state index contributed by atoms with van der Waals surface area (Å²) < 4.78 is 27.3. The first-order chi connectivity index (χ1) is 16.8. The maximum atomic E-state index is 13.1. The Balaban J connectivity index is 1.40. The van der Waals surface area contributed by atoms with Crippen molar-refractivity contribution in [3.8, 4) is 0 Å². The number of amides is 1. The Bertz CT molecular complexity index is 1280. The van der Waals surface area contributed by atoms with Crippen LogP contribution >= 0.6 is 0 Å². The lowest BCUT2D eigenvalue weighted by Crippen LogP contribution is -2.48. The van der Waals surface area contributed by atoms with Crippen LogP contribution in [0.15, 0.2) is 77.7 Å². The molecule has 35 heavy (non-hydrogen) atoms. The van der Waals surface area contributed by atoms with Crippen LogP contribution in [0.2, 0.25) is 0 Å². The number of carbonyl (C=O) groups excluding carboxylic acids is 1. The number of aryl methyl sites for hydroxylation is 1. The van der Waals surface area contributed by atoms with Crippen LogP contribution in [0.25, 0.3) is 0 Å². The molecule has 0 atom stereocenters. The van der Waals surface area contributed by atoms with Crippen molar-refractivity contribution in [2.75, 3.05) is 31.5 Å². The largest absolute Gasteiger partial charge is 0.321 e. The predicted molar refractivity (Wildman–Crippen MR) is 140 cm³/mol. The molecule has 3 aromatic carbocycles. The molecule has 0 spiro atoms. The minimum atomic E-state index is -3.47. The Labute approximate surface area is 208 Å². The predicted octanol–water partition coefficient (Wildman–Crippen LogP) is 4.88. The van der Waals surface area contributed by atoms with Crippen LogP contribution in [0.3, 0.4) is 0 Å². The highest BCUT2D eigenvalue weighted by atomic mass is 32.2. The van der Waals surface area contributed by atoms with Crippen molar-refractivity contribution in [3.05, 3.63) is 95.1 Å². The number of hydrogen-bond acceptors (Lipinski definition) is 4. The van der Waals surface area contributed by atoms with Crippen LogP contribution < -0.4 is 5.32 Å². The van der Waals surface area contributed by atoms with Gasteiger partial charge in [0.1, 0.15) is 0 Å². The molecule has 184 valence electrons. The first kappa shape index (κ1) is 25.1. The van der Waals surface area contributed by atoms with Gasteiger partial charge >= 0.3 is 0 Å². The zero-order valence-electron chi connectivity index (χ0n) is 20.6. The lowest BCUT2D eigenvalue weighted by molar-refractivity contribution is 0.102. The minimum absolute atomic E-state index is 0.123. The molecule has 1 aliphatic rings. The average molecular weight is 492 g/mol. The number of carbonyl (C=O) groups is 1. The third-order valence-corrected chi connectivity index (χ3v) is 8.39. The van der Waals surface area contributed by atoms with E-state index >= 15 is 0 Å². The summed E-state index contributed by atoms with van der Waals surface area (Å²) in [5, 5.41) is 3.12. The molecule has 0 saturated carbocycles. The van der Waals surface area contributed by atoms with Crippen LogP contribution in [0, 0.1) is 6.92 Å². The van der Waals surface area contributed by atoms with Gasteiger partial charge in [0, 0.05) is 44.0 Å². The highest BCUT2D eigenvalue weighted by Gasteiger charge is 2.28. The minimum Gasteiger partial charge on any atom is -0.321 e. The second-order valence-corrected chi connectivity index (χ2v) is 11.3. The summed E-state index contributed by atoms with van der Waals surface area (Å²) in [4.78, 5) is 15.6. The maximum Gasteiger partial charge on any atom is 0.255 e. The van der Waals surface area contributed by atoms with Crippen LogP contribution in [0.4, 0.5) is 5.69 Å². The fourth-order valence-electron chi connectivity index (χ4n) is 4.47. The standard InChI is InChI=1S/C28H33N3O3S/c1-21(2)26-14-7-9-22(3)27(26)29-28(32)24-11-8-10-23(19-24)20-30-15-17-31(18-16-30)35(33,34)25-12-5-4-6-13-25/h4-14,19,21H,15-18,20H2,1-3H3,(H,29,32). The summed E-state index contributed by atoms with van der Waals surface area (Å²) in [6.07, 6.45) is 0. The molecule has 1 heterocycles. The molecule has 1 fully saturated rings. The highest BCUT2D eigenvalue weighted by molar-refractivity contribution is 7.89. The van der Waals surface area contributed by atoms with Crippen molar-refractivity contribution in [1.29, 1.82) is 0 Å². The zero-order valence-corrected chi connectivity index (χ0v) is 21.4. The maximum absolute atomic E-state index is 13.1. The second kappa shape index (κ2) is 10.7. The lowest BCUT2D eigenvalue weighted by Gasteiger charge is -2.34. The van der Waals surface area contributed by atoms with Gasteiger partial charge in [0.25, 0.3) is 5.91 Å². The van der Waals surface area contributed by atoms with E-state index in [1.165, 1.54) is 0 Å². The fourth-order valence-corrected chi connectivity index (χ4v) is 5.91. The van der Waals surface area contributed by atoms with E-state index < -0.39 is 10.0 Å². The van der Waals surface area contributed by atoms with E-state index in [1.54, 1.807) is 28.6 Å². The molecule has 0 radical (unpaired) electrons. The lowest BCUT2D eigenvalue weighted by atomic mass is 9.98. The molecule has 7 heteroatoms. The first-order valence-corrected chi connectivity index (χ1v) is 13.5. The summed E-state index contributed by atoms with van der Waals surface area (Å²) in [6.45, 7) is 9.10. The summed E-state index contributed by atoms with van der Waals surface area (Å²) in [7, 11) is -3.47. The molecule has 1 aliphatic heterocycles. The van der Waals surface area contributed by atoms with E-state index in [0.717, 1.165) is 22.4 Å². The van der Waals surface area contributed by atoms with Gasteiger partial charge in [-0.1, -0.05) is 62.4 Å². The van der Waals surface area contributed by atoms with Gasteiger partial charge in [0.15, 0.2) is 0 Å². The van der Waals surface area contributed by atoms with E-state index in [0.29, 0.717) is 49.1 Å². The van der Waals surface area contributed by atoms with Crippen molar-refractivity contribution in [2.24, 2.45) is 0 Å². The second-order valence-electron chi connectivity index (χ2n) is 9.34. The Morgan fingerprint density at radius 2 is 1.60 bits per heavy atom. The Hall–Kier alpha value is -3.00. The summed E-state index contributed by atoms with van der Waals surface area (Å²) in [5.41, 5.74) is 4.70. The molecule has 0 aromatic heterocycles. The number of sulfonamides is 1. The molecule has 6 nitrogen and oxygen atoms in total. The Morgan fingerprint density at radius 3 is 2.29 bits per heavy atom. The molecule has 0 bridgehead atoms. The Morgan fingerprint density at radius 1 is 0.914 bits per heavy atom. The molecule has 1 N–H and O–H groups in total. The Kier molecular flexibility index (Phi) is 7.69. The van der Waals surface area contributed by atoms with E-state index in [4.69, 9.17) is 0 Å². The number of para-hydroxylation sites is 1. The van der Waals surface area contributed by atoms with Gasteiger partial charge in [-0.25, -0.2) is 8.42 Å². The monoisotopic (exact) mass is 491 g/mol. The van der Waals surface area contributed by atoms with E-state index in [-0.39, 0.29) is 5.91 Å². The average Bonchev–Trinajstić information content (AvgIpc) is 2.86. The number of nitrogens with zero attached hydrogens (tertiary/aromatic N) is 2. The van der Waals surface area contributed by atoms with Crippen molar-refractivity contribution in [2.45, 2.75) is 38.1 Å². The van der Waals surface area contributed by atoms with E-state index in [9.17, 15) is 13.2 Å². The number of anilines is 1. The van der Waals surface area contributed by atoms with Crippen LogP contribution in [0.5, 0.6) is 0 Å². The summed E-state index contributed by atoms with van der Waals surface area (Å²) in [6, 6.07) is 22.3. The van der Waals surface area contributed by atoms with Gasteiger partial charge in [0.2, 0.25) is 10.0 Å². The first-order valence-electron chi connectivity index (χ1n) is 12.0. The zero-order chi connectivity index (χ0) is 25.0. The van der Waals surface area contributed by atoms with E-state index in [1.807, 2.05) is 49.4 Å². The number of nitrogens with one attached hydrogen (secondary N) is 1. The van der Waals surface area contributed by atoms with Crippen molar-refractivity contribution >= 4 is 21.6 Å². The normalized spacial score (nSPS) is 15.3. The molecule has 4 rings (SSSR count). The fraction of sp³-hybridized carbons (Fsp3) is 0.321. The summed E-state index contributed by atoms with van der Waals surface area (Å²) >= 11 is 0. The number of rotatable bonds is 7. The number of piperazine rings is 1. The van der Waals surface area contributed by atoms with Crippen LogP contribution in [-0.2, 0) is 16.6 Å². The van der Waals surface area contributed by atoms with Crippen molar-refractivity contribution < 1.29 is 13.2 Å². The third kappa shape index (κ3) is 5.81. The van der Waals surface area contributed by atoms with Crippen molar-refractivity contribution in [1.82, 2.24) is 9.21 Å². The molecule has 0 aliphatic carbocycles. The van der Waals surface area contributed by atoms with Crippen LogP contribution in [0.1, 0.15) is 46.8 Å². The van der Waals surface area contributed by atoms with Gasteiger partial charge in [0.05, 0.1) is 4.90 Å². The SMILES string of the molecule is Cc1cccc(C(C)C)c1NC(=O)c1cccc(CN2CCN(S(=O)(=O)c3ccccc3)CC2)c1. The molecular weight excluding hydrogens is 458 g/mol. The number of hydrogen-bond donors (Lipinski definition) is 1. The van der Waals surface area contributed by atoms with Gasteiger partial charge in [-0.3, -0.25) is 9.69 Å². The molecule has 1 saturated heterocycles. The molecule has 1 amide bonds. The van der Waals surface area contributed by atoms with Gasteiger partial charge in [-0.05, 0) is 53.8 Å². The van der Waals surface area contributed by atoms with Gasteiger partial charge < -0.3 is 5.32 Å². The quantitative estimate of drug-likeness (QED) is 0.512.